The summed E-state index contributed by atoms with van der Waals surface area (Å²) in [6, 6.07) is 4.44. The lowest BCUT2D eigenvalue weighted by molar-refractivity contribution is -0.383. The summed E-state index contributed by atoms with van der Waals surface area (Å²) in [5.74, 6) is 0. The van der Waals surface area contributed by atoms with Gasteiger partial charge in [-0.1, -0.05) is 6.07 Å². The van der Waals surface area contributed by atoms with Crippen molar-refractivity contribution < 1.29 is 25.0 Å². The highest BCUT2D eigenvalue weighted by molar-refractivity contribution is 5.84. The summed E-state index contributed by atoms with van der Waals surface area (Å²) in [6.07, 6.45) is -1.95. The van der Waals surface area contributed by atoms with Crippen LogP contribution in [0.1, 0.15) is 13.2 Å². The molecule has 1 aliphatic rings. The van der Waals surface area contributed by atoms with Crippen molar-refractivity contribution in [1.29, 1.82) is 0 Å². The zero-order valence-corrected chi connectivity index (χ0v) is 11.7. The quantitative estimate of drug-likeness (QED) is 0.535. The predicted octanol–water partition coefficient (Wildman–Crippen LogP) is -0.0539. The molecular formula is C13H15N3O6. The van der Waals surface area contributed by atoms with Gasteiger partial charge in [0.2, 0.25) is 0 Å². The maximum absolute atomic E-state index is 11.0. The fourth-order valence-electron chi connectivity index (χ4n) is 2.77. The van der Waals surface area contributed by atoms with E-state index in [-0.39, 0.29) is 11.2 Å². The van der Waals surface area contributed by atoms with E-state index in [1.165, 1.54) is 30.0 Å². The van der Waals surface area contributed by atoms with Crippen LogP contribution in [0.3, 0.4) is 0 Å². The highest BCUT2D eigenvalue weighted by Gasteiger charge is 2.53. The normalized spacial score (nSPS) is 31.7. The first kappa shape index (κ1) is 14.9. The van der Waals surface area contributed by atoms with Crippen LogP contribution in [0.5, 0.6) is 0 Å². The topological polar surface area (TPSA) is 131 Å². The number of nitrogens with zero attached hydrogens (tertiary/aromatic N) is 3. The molecule has 0 radical (unpaired) electrons. The molecule has 1 aromatic heterocycles. The molecule has 3 N–H and O–H groups in total. The summed E-state index contributed by atoms with van der Waals surface area (Å²) < 4.78 is 6.91. The van der Waals surface area contributed by atoms with Gasteiger partial charge in [0, 0.05) is 6.07 Å². The van der Waals surface area contributed by atoms with Gasteiger partial charge in [-0.3, -0.25) is 10.1 Å². The SMILES string of the molecule is C[C@@]1(O)[C@H](O)[C@@H](CO)O[C@H]1n1cnc2c([N+](=O)[O-])cccc21. The van der Waals surface area contributed by atoms with Crippen molar-refractivity contribution in [3.63, 3.8) is 0 Å². The summed E-state index contributed by atoms with van der Waals surface area (Å²) in [5, 5.41) is 40.7. The second-order valence-corrected chi connectivity index (χ2v) is 5.43. The van der Waals surface area contributed by atoms with E-state index in [0.29, 0.717) is 5.52 Å². The number of aliphatic hydroxyl groups is 3. The Hall–Kier alpha value is -2.07. The monoisotopic (exact) mass is 309 g/mol. The van der Waals surface area contributed by atoms with Gasteiger partial charge in [-0.25, -0.2) is 4.98 Å². The molecule has 1 aromatic carbocycles. The van der Waals surface area contributed by atoms with Crippen LogP contribution in [0.2, 0.25) is 0 Å². The van der Waals surface area contributed by atoms with Crippen LogP contribution in [-0.4, -0.2) is 54.2 Å². The van der Waals surface area contributed by atoms with Gasteiger partial charge in [0.25, 0.3) is 5.69 Å². The molecule has 2 heterocycles. The van der Waals surface area contributed by atoms with Crippen molar-refractivity contribution >= 4 is 16.7 Å². The Bertz CT molecular complexity index is 728. The van der Waals surface area contributed by atoms with Crippen LogP contribution in [0.15, 0.2) is 24.5 Å². The molecule has 1 fully saturated rings. The van der Waals surface area contributed by atoms with E-state index < -0.39 is 35.6 Å². The molecule has 1 saturated heterocycles. The minimum absolute atomic E-state index is 0.159. The zero-order valence-electron chi connectivity index (χ0n) is 11.7. The lowest BCUT2D eigenvalue weighted by Gasteiger charge is -2.27. The minimum Gasteiger partial charge on any atom is -0.394 e. The molecule has 0 spiro atoms. The van der Waals surface area contributed by atoms with Gasteiger partial charge >= 0.3 is 0 Å². The fraction of sp³-hybridized carbons (Fsp3) is 0.462. The van der Waals surface area contributed by atoms with Crippen LogP contribution in [0, 0.1) is 10.1 Å². The molecule has 9 nitrogen and oxygen atoms in total. The first-order chi connectivity index (χ1) is 10.4. The van der Waals surface area contributed by atoms with Crippen molar-refractivity contribution in [2.45, 2.75) is 31.0 Å². The number of hydrogen-bond acceptors (Lipinski definition) is 7. The number of rotatable bonds is 3. The van der Waals surface area contributed by atoms with Gasteiger partial charge in [0.1, 0.15) is 17.8 Å². The Morgan fingerprint density at radius 1 is 1.55 bits per heavy atom. The molecule has 0 amide bonds. The number of benzene rings is 1. The van der Waals surface area contributed by atoms with Gasteiger partial charge in [-0.05, 0) is 13.0 Å². The highest BCUT2D eigenvalue weighted by Crippen LogP contribution is 2.40. The Morgan fingerprint density at radius 2 is 2.27 bits per heavy atom. The molecule has 4 atom stereocenters. The van der Waals surface area contributed by atoms with Gasteiger partial charge in [-0.2, -0.15) is 0 Å². The number of hydrogen-bond donors (Lipinski definition) is 3. The Morgan fingerprint density at radius 3 is 2.86 bits per heavy atom. The van der Waals surface area contributed by atoms with E-state index >= 15 is 0 Å². The zero-order chi connectivity index (χ0) is 16.1. The van der Waals surface area contributed by atoms with Crippen LogP contribution in [-0.2, 0) is 4.74 Å². The summed E-state index contributed by atoms with van der Waals surface area (Å²) in [4.78, 5) is 14.5. The molecule has 118 valence electrons. The number of aliphatic hydroxyl groups excluding tert-OH is 2. The molecular weight excluding hydrogens is 294 g/mol. The van der Waals surface area contributed by atoms with Gasteiger partial charge in [0.05, 0.1) is 23.4 Å². The van der Waals surface area contributed by atoms with E-state index in [2.05, 4.69) is 4.98 Å². The minimum atomic E-state index is -1.67. The van der Waals surface area contributed by atoms with E-state index in [1.54, 1.807) is 6.07 Å². The number of nitro groups is 1. The van der Waals surface area contributed by atoms with Crippen molar-refractivity contribution in [2.75, 3.05) is 6.61 Å². The highest BCUT2D eigenvalue weighted by atomic mass is 16.6. The van der Waals surface area contributed by atoms with Crippen molar-refractivity contribution in [3.05, 3.63) is 34.6 Å². The van der Waals surface area contributed by atoms with E-state index in [0.717, 1.165) is 0 Å². The summed E-state index contributed by atoms with van der Waals surface area (Å²) in [6.45, 7) is 0.918. The standard InChI is InChI=1S/C13H15N3O6/c1-13(19)11(18)9(5-17)22-12(13)15-6-14-10-7(15)3-2-4-8(10)16(20)21/h2-4,6,9,11-12,17-19H,5H2,1H3/t9-,11-,12-,13-/m1/s1. The molecule has 0 saturated carbocycles. The molecule has 0 bridgehead atoms. The summed E-state index contributed by atoms with van der Waals surface area (Å²) in [7, 11) is 0. The van der Waals surface area contributed by atoms with Gasteiger partial charge < -0.3 is 24.6 Å². The molecule has 0 aliphatic carbocycles. The maximum atomic E-state index is 11.0. The maximum Gasteiger partial charge on any atom is 0.297 e. The summed E-state index contributed by atoms with van der Waals surface area (Å²) >= 11 is 0. The van der Waals surface area contributed by atoms with E-state index in [9.17, 15) is 25.4 Å². The van der Waals surface area contributed by atoms with E-state index in [1.807, 2.05) is 0 Å². The lowest BCUT2D eigenvalue weighted by atomic mass is 9.96. The summed E-state index contributed by atoms with van der Waals surface area (Å²) in [5.41, 5.74) is -1.28. The number of aromatic nitrogens is 2. The number of fused-ring (bicyclic) bond motifs is 1. The number of non-ortho nitro benzene ring substituents is 1. The van der Waals surface area contributed by atoms with Crippen LogP contribution in [0.25, 0.3) is 11.0 Å². The number of ether oxygens (including phenoxy) is 1. The first-order valence-electron chi connectivity index (χ1n) is 6.64. The van der Waals surface area contributed by atoms with Crippen LogP contribution < -0.4 is 0 Å². The predicted molar refractivity (Wildman–Crippen MR) is 74.0 cm³/mol. The van der Waals surface area contributed by atoms with Gasteiger partial charge in [-0.15, -0.1) is 0 Å². The average Bonchev–Trinajstić information content (AvgIpc) is 2.99. The van der Waals surface area contributed by atoms with Crippen molar-refractivity contribution in [1.82, 2.24) is 9.55 Å². The largest absolute Gasteiger partial charge is 0.394 e. The van der Waals surface area contributed by atoms with Crippen molar-refractivity contribution in [3.8, 4) is 0 Å². The Balaban J connectivity index is 2.12. The lowest BCUT2D eigenvalue weighted by Crippen LogP contribution is -2.44. The second kappa shape index (κ2) is 4.99. The molecule has 22 heavy (non-hydrogen) atoms. The Labute approximate surface area is 124 Å². The molecule has 1 aliphatic heterocycles. The molecule has 0 unspecified atom stereocenters. The molecule has 3 rings (SSSR count). The van der Waals surface area contributed by atoms with E-state index in [4.69, 9.17) is 4.74 Å². The number of imidazole rings is 1. The third kappa shape index (κ3) is 1.98. The number of nitro benzene ring substituents is 1. The second-order valence-electron chi connectivity index (χ2n) is 5.43. The number of para-hydroxylation sites is 1. The average molecular weight is 309 g/mol. The van der Waals surface area contributed by atoms with Crippen molar-refractivity contribution in [2.24, 2.45) is 0 Å². The Kier molecular flexibility index (Phi) is 3.37. The third-order valence-corrected chi connectivity index (χ3v) is 3.97. The van der Waals surface area contributed by atoms with Crippen LogP contribution >= 0.6 is 0 Å². The molecule has 2 aromatic rings. The first-order valence-corrected chi connectivity index (χ1v) is 6.64. The molecule has 9 heteroatoms. The van der Waals surface area contributed by atoms with Gasteiger partial charge in [0.15, 0.2) is 11.7 Å². The third-order valence-electron chi connectivity index (χ3n) is 3.97. The smallest absolute Gasteiger partial charge is 0.297 e. The fourth-order valence-corrected chi connectivity index (χ4v) is 2.77. The van der Waals surface area contributed by atoms with Crippen LogP contribution in [0.4, 0.5) is 5.69 Å².